The van der Waals surface area contributed by atoms with Gasteiger partial charge in [-0.1, -0.05) is 146 Å². The second-order valence-corrected chi connectivity index (χ2v) is 13.4. The van der Waals surface area contributed by atoms with Gasteiger partial charge in [0.05, 0.1) is 5.69 Å². The first-order valence-electron chi connectivity index (χ1n) is 17.7. The number of pyridine rings is 1. The molecule has 11 rings (SSSR count). The highest BCUT2D eigenvalue weighted by atomic mass is 16.3. The predicted octanol–water partition coefficient (Wildman–Crippen LogP) is 12.4. The van der Waals surface area contributed by atoms with Gasteiger partial charge in [-0.2, -0.15) is 0 Å². The molecule has 8 aromatic carbocycles. The molecule has 0 radical (unpaired) electrons. The molecular weight excluding hydrogens is 649 g/mol. The van der Waals surface area contributed by atoms with E-state index in [0.717, 1.165) is 60.8 Å². The summed E-state index contributed by atoms with van der Waals surface area (Å²) < 4.78 is 6.34. The van der Waals surface area contributed by atoms with Crippen molar-refractivity contribution in [3.63, 3.8) is 0 Å². The van der Waals surface area contributed by atoms with E-state index in [2.05, 4.69) is 109 Å². The molecule has 0 spiro atoms. The molecule has 0 amide bonds. The number of benzene rings is 8. The number of fused-ring (bicyclic) bond motifs is 11. The van der Waals surface area contributed by atoms with E-state index < -0.39 is 0 Å². The summed E-state index contributed by atoms with van der Waals surface area (Å²) >= 11 is 0. The van der Waals surface area contributed by atoms with Gasteiger partial charge < -0.3 is 4.42 Å². The van der Waals surface area contributed by atoms with Crippen LogP contribution >= 0.6 is 0 Å². The largest absolute Gasteiger partial charge is 0.454 e. The lowest BCUT2D eigenvalue weighted by molar-refractivity contribution is 0.672. The molecule has 0 aliphatic rings. The molecule has 0 saturated carbocycles. The number of nitrogens with zero attached hydrogens (tertiary/aromatic N) is 4. The van der Waals surface area contributed by atoms with Crippen molar-refractivity contribution in [2.75, 3.05) is 0 Å². The molecule has 0 saturated heterocycles. The Morgan fingerprint density at radius 3 is 1.49 bits per heavy atom. The highest BCUT2D eigenvalue weighted by Gasteiger charge is 2.18. The molecule has 0 N–H and O–H groups in total. The fraction of sp³-hybridized carbons (Fsp3) is 0. The quantitative estimate of drug-likeness (QED) is 0.174. The van der Waals surface area contributed by atoms with Crippen molar-refractivity contribution in [3.8, 4) is 45.4 Å². The van der Waals surface area contributed by atoms with Crippen molar-refractivity contribution in [1.82, 2.24) is 19.9 Å². The number of rotatable bonds is 4. The Bertz CT molecular complexity index is 3200. The van der Waals surface area contributed by atoms with Crippen LogP contribution in [-0.2, 0) is 0 Å². The molecule has 0 unspecified atom stereocenters. The van der Waals surface area contributed by atoms with Gasteiger partial charge in [0, 0.05) is 38.4 Å². The first-order valence-corrected chi connectivity index (χ1v) is 17.7. The van der Waals surface area contributed by atoms with Gasteiger partial charge in [-0.05, 0) is 56.6 Å². The van der Waals surface area contributed by atoms with Gasteiger partial charge in [-0.3, -0.25) is 0 Å². The summed E-state index contributed by atoms with van der Waals surface area (Å²) in [4.78, 5) is 20.6. The maximum atomic E-state index is 6.34. The smallest absolute Gasteiger partial charge is 0.164 e. The maximum absolute atomic E-state index is 6.34. The lowest BCUT2D eigenvalue weighted by atomic mass is 9.93. The van der Waals surface area contributed by atoms with Gasteiger partial charge in [0.2, 0.25) is 0 Å². The molecule has 5 nitrogen and oxygen atoms in total. The Morgan fingerprint density at radius 2 is 0.792 bits per heavy atom. The van der Waals surface area contributed by atoms with Crippen LogP contribution in [-0.4, -0.2) is 19.9 Å². The fourth-order valence-corrected chi connectivity index (χ4v) is 7.81. The summed E-state index contributed by atoms with van der Waals surface area (Å²) in [6.07, 6.45) is 0. The molecule has 53 heavy (non-hydrogen) atoms. The zero-order valence-electron chi connectivity index (χ0n) is 28.4. The summed E-state index contributed by atoms with van der Waals surface area (Å²) in [7, 11) is 0. The molecule has 246 valence electrons. The molecular formula is C48H28N4O. The minimum Gasteiger partial charge on any atom is -0.454 e. The van der Waals surface area contributed by atoms with Gasteiger partial charge in [0.25, 0.3) is 0 Å². The third-order valence-electron chi connectivity index (χ3n) is 10.3. The van der Waals surface area contributed by atoms with Crippen molar-refractivity contribution in [1.29, 1.82) is 0 Å². The first kappa shape index (κ1) is 29.5. The average Bonchev–Trinajstić information content (AvgIpc) is 3.62. The lowest BCUT2D eigenvalue weighted by Gasteiger charge is -2.13. The average molecular weight is 677 g/mol. The number of para-hydroxylation sites is 1. The predicted molar refractivity (Wildman–Crippen MR) is 217 cm³/mol. The van der Waals surface area contributed by atoms with E-state index in [9.17, 15) is 0 Å². The summed E-state index contributed by atoms with van der Waals surface area (Å²) in [5, 5.41) is 10.3. The molecule has 0 aliphatic heterocycles. The highest BCUT2D eigenvalue weighted by molar-refractivity contribution is 6.25. The van der Waals surface area contributed by atoms with Crippen LogP contribution in [0.4, 0.5) is 0 Å². The van der Waals surface area contributed by atoms with Crippen molar-refractivity contribution in [2.45, 2.75) is 0 Å². The molecule has 0 aliphatic carbocycles. The molecule has 0 bridgehead atoms. The number of furan rings is 1. The van der Waals surface area contributed by atoms with Crippen LogP contribution < -0.4 is 0 Å². The summed E-state index contributed by atoms with van der Waals surface area (Å²) in [5.74, 6) is 1.83. The SMILES string of the molecule is c1ccc(-c2nc(-c3cccc(-c4nc5c6ccccc6oc5c5ccccc45)c3)nc(-c3ccc4c5ccccc5c5ccccc5c4c3)n2)cc1. The second-order valence-electron chi connectivity index (χ2n) is 13.4. The molecule has 3 heterocycles. The summed E-state index contributed by atoms with van der Waals surface area (Å²) in [6.45, 7) is 0. The van der Waals surface area contributed by atoms with E-state index in [1.165, 1.54) is 32.3 Å². The van der Waals surface area contributed by atoms with Crippen molar-refractivity contribution >= 4 is 65.2 Å². The normalized spacial score (nSPS) is 11.8. The molecule has 3 aromatic heterocycles. The topological polar surface area (TPSA) is 64.7 Å². The van der Waals surface area contributed by atoms with Gasteiger partial charge in [-0.25, -0.2) is 19.9 Å². The molecule has 0 atom stereocenters. The third kappa shape index (κ3) is 4.71. The van der Waals surface area contributed by atoms with Crippen LogP contribution in [0.1, 0.15) is 0 Å². The van der Waals surface area contributed by atoms with Gasteiger partial charge >= 0.3 is 0 Å². The van der Waals surface area contributed by atoms with Crippen LogP contribution in [0.3, 0.4) is 0 Å². The maximum Gasteiger partial charge on any atom is 0.164 e. The van der Waals surface area contributed by atoms with Crippen LogP contribution in [0.2, 0.25) is 0 Å². The summed E-state index contributed by atoms with van der Waals surface area (Å²) in [6, 6.07) is 58.7. The van der Waals surface area contributed by atoms with E-state index >= 15 is 0 Å². The molecule has 0 fully saturated rings. The van der Waals surface area contributed by atoms with Crippen LogP contribution in [0, 0.1) is 0 Å². The molecule has 11 aromatic rings. The Labute approximate surface area is 303 Å². The number of hydrogen-bond donors (Lipinski definition) is 0. The first-order chi connectivity index (χ1) is 26.3. The van der Waals surface area contributed by atoms with E-state index in [-0.39, 0.29) is 0 Å². The molecule has 5 heteroatoms. The van der Waals surface area contributed by atoms with Gasteiger partial charge in [0.1, 0.15) is 11.1 Å². The zero-order valence-corrected chi connectivity index (χ0v) is 28.4. The lowest BCUT2D eigenvalue weighted by Crippen LogP contribution is -2.00. The number of hydrogen-bond acceptors (Lipinski definition) is 5. The van der Waals surface area contributed by atoms with E-state index in [1.54, 1.807) is 0 Å². The standard InChI is InChI=1S/C48H28N4O/c1-2-13-29(14-3-1)46-50-47(52-48(51-46)32-25-26-37-35-19-5-4-17-33(35)34-18-6-7-20-36(34)41(37)28-32)31-16-12-15-30(27-31)43-38-21-8-9-22-39(38)45-44(49-43)40-23-10-11-24-42(40)53-45/h1-28H. The van der Waals surface area contributed by atoms with Crippen molar-refractivity contribution in [2.24, 2.45) is 0 Å². The second kappa shape index (κ2) is 11.7. The van der Waals surface area contributed by atoms with E-state index in [0.29, 0.717) is 17.5 Å². The zero-order chi connectivity index (χ0) is 34.9. The Hall–Kier alpha value is -7.24. The van der Waals surface area contributed by atoms with Crippen LogP contribution in [0.5, 0.6) is 0 Å². The Balaban J connectivity index is 1.12. The van der Waals surface area contributed by atoms with E-state index in [4.69, 9.17) is 24.4 Å². The van der Waals surface area contributed by atoms with Crippen LogP contribution in [0.15, 0.2) is 174 Å². The summed E-state index contributed by atoms with van der Waals surface area (Å²) in [5.41, 5.74) is 7.06. The van der Waals surface area contributed by atoms with Crippen molar-refractivity contribution < 1.29 is 4.42 Å². The highest BCUT2D eigenvalue weighted by Crippen LogP contribution is 2.39. The third-order valence-corrected chi connectivity index (χ3v) is 10.3. The van der Waals surface area contributed by atoms with Gasteiger partial charge in [0.15, 0.2) is 23.1 Å². The Morgan fingerprint density at radius 1 is 0.302 bits per heavy atom. The fourth-order valence-electron chi connectivity index (χ4n) is 7.81. The number of aromatic nitrogens is 4. The van der Waals surface area contributed by atoms with Crippen molar-refractivity contribution in [3.05, 3.63) is 170 Å². The van der Waals surface area contributed by atoms with E-state index in [1.807, 2.05) is 60.7 Å². The van der Waals surface area contributed by atoms with Crippen LogP contribution in [0.25, 0.3) is 111 Å². The minimum absolute atomic E-state index is 0.596. The van der Waals surface area contributed by atoms with Gasteiger partial charge in [-0.15, -0.1) is 0 Å². The Kier molecular flexibility index (Phi) is 6.48. The minimum atomic E-state index is 0.596. The monoisotopic (exact) mass is 676 g/mol.